The highest BCUT2D eigenvalue weighted by molar-refractivity contribution is 7.98. The molecule has 2 N–H and O–H groups in total. The lowest BCUT2D eigenvalue weighted by atomic mass is 10.1. The zero-order chi connectivity index (χ0) is 9.84. The molecule has 0 aliphatic carbocycles. The second-order valence-electron chi connectivity index (χ2n) is 2.54. The molecule has 4 heteroatoms. The Morgan fingerprint density at radius 3 is 2.38 bits per heavy atom. The minimum absolute atomic E-state index is 0.515. The Morgan fingerprint density at radius 1 is 1.46 bits per heavy atom. The SMILES string of the molecule is CSc1ccc(C(Cl)C(N)=O)cc1. The van der Waals surface area contributed by atoms with Gasteiger partial charge in [-0.1, -0.05) is 12.1 Å². The summed E-state index contributed by atoms with van der Waals surface area (Å²) < 4.78 is 0. The van der Waals surface area contributed by atoms with Crippen LogP contribution in [0.1, 0.15) is 10.9 Å². The molecule has 1 rings (SSSR count). The van der Waals surface area contributed by atoms with Gasteiger partial charge >= 0.3 is 0 Å². The summed E-state index contributed by atoms with van der Waals surface area (Å²) in [5, 5.41) is -0.726. The van der Waals surface area contributed by atoms with Gasteiger partial charge in [0.2, 0.25) is 5.91 Å². The zero-order valence-electron chi connectivity index (χ0n) is 7.16. The van der Waals surface area contributed by atoms with Gasteiger partial charge in [-0.05, 0) is 24.0 Å². The molecule has 0 aliphatic rings. The predicted molar refractivity (Wildman–Crippen MR) is 56.0 cm³/mol. The fourth-order valence-electron chi connectivity index (χ4n) is 0.937. The van der Waals surface area contributed by atoms with Crippen LogP contribution >= 0.6 is 23.4 Å². The first kappa shape index (κ1) is 10.4. The monoisotopic (exact) mass is 215 g/mol. The molecule has 0 aromatic heterocycles. The highest BCUT2D eigenvalue weighted by Crippen LogP contribution is 2.22. The van der Waals surface area contributed by atoms with E-state index in [0.717, 1.165) is 10.5 Å². The van der Waals surface area contributed by atoms with Crippen LogP contribution in [0.3, 0.4) is 0 Å². The molecule has 13 heavy (non-hydrogen) atoms. The van der Waals surface area contributed by atoms with Crippen LogP contribution in [0.4, 0.5) is 0 Å². The molecule has 1 aromatic carbocycles. The summed E-state index contributed by atoms with van der Waals surface area (Å²) in [5.74, 6) is -0.515. The fraction of sp³-hybridized carbons (Fsp3) is 0.222. The molecule has 0 bridgehead atoms. The second kappa shape index (κ2) is 4.53. The Labute approximate surface area is 86.5 Å². The molecule has 0 heterocycles. The number of rotatable bonds is 3. The number of benzene rings is 1. The van der Waals surface area contributed by atoms with Crippen molar-refractivity contribution >= 4 is 29.3 Å². The first-order chi connectivity index (χ1) is 6.15. The molecule has 1 aromatic rings. The quantitative estimate of drug-likeness (QED) is 0.621. The lowest BCUT2D eigenvalue weighted by molar-refractivity contribution is -0.117. The maximum absolute atomic E-state index is 10.7. The van der Waals surface area contributed by atoms with Gasteiger partial charge in [0.15, 0.2) is 0 Å². The van der Waals surface area contributed by atoms with Crippen LogP contribution in [-0.4, -0.2) is 12.2 Å². The number of hydrogen-bond donors (Lipinski definition) is 1. The number of primary amides is 1. The van der Waals surface area contributed by atoms with Gasteiger partial charge in [0.05, 0.1) is 0 Å². The molecular formula is C9H10ClNOS. The standard InChI is InChI=1S/C9H10ClNOS/c1-13-7-4-2-6(3-5-7)8(10)9(11)12/h2-5,8H,1H3,(H2,11,12). The van der Waals surface area contributed by atoms with Gasteiger partial charge in [-0.2, -0.15) is 0 Å². The summed E-state index contributed by atoms with van der Waals surface area (Å²) in [6, 6.07) is 7.46. The highest BCUT2D eigenvalue weighted by atomic mass is 35.5. The van der Waals surface area contributed by atoms with Gasteiger partial charge in [0, 0.05) is 4.90 Å². The molecular weight excluding hydrogens is 206 g/mol. The lowest BCUT2D eigenvalue weighted by Gasteiger charge is -2.05. The number of amides is 1. The number of carbonyl (C=O) groups is 1. The maximum Gasteiger partial charge on any atom is 0.240 e. The Balaban J connectivity index is 2.85. The van der Waals surface area contributed by atoms with Gasteiger partial charge in [-0.15, -0.1) is 23.4 Å². The fourth-order valence-corrected chi connectivity index (χ4v) is 1.49. The normalized spacial score (nSPS) is 12.5. The minimum atomic E-state index is -0.726. The van der Waals surface area contributed by atoms with Crippen molar-refractivity contribution in [1.82, 2.24) is 0 Å². The Bertz CT molecular complexity index is 299. The summed E-state index contributed by atoms with van der Waals surface area (Å²) >= 11 is 7.39. The van der Waals surface area contributed by atoms with Crippen molar-refractivity contribution in [3.05, 3.63) is 29.8 Å². The number of nitrogens with two attached hydrogens (primary N) is 1. The number of thioether (sulfide) groups is 1. The third-order valence-corrected chi connectivity index (χ3v) is 2.87. The van der Waals surface area contributed by atoms with Gasteiger partial charge in [0.25, 0.3) is 0 Å². The summed E-state index contributed by atoms with van der Waals surface area (Å²) in [4.78, 5) is 11.9. The van der Waals surface area contributed by atoms with Crippen molar-refractivity contribution in [2.75, 3.05) is 6.26 Å². The maximum atomic E-state index is 10.7. The molecule has 1 unspecified atom stereocenters. The Morgan fingerprint density at radius 2 is 2.00 bits per heavy atom. The van der Waals surface area contributed by atoms with E-state index in [4.69, 9.17) is 17.3 Å². The van der Waals surface area contributed by atoms with E-state index >= 15 is 0 Å². The van der Waals surface area contributed by atoms with E-state index in [2.05, 4.69) is 0 Å². The van der Waals surface area contributed by atoms with Crippen molar-refractivity contribution in [1.29, 1.82) is 0 Å². The average Bonchev–Trinajstić information content (AvgIpc) is 2.17. The molecule has 0 saturated heterocycles. The van der Waals surface area contributed by atoms with Crippen molar-refractivity contribution < 1.29 is 4.79 Å². The molecule has 70 valence electrons. The third kappa shape index (κ3) is 2.64. The van der Waals surface area contributed by atoms with E-state index in [1.54, 1.807) is 11.8 Å². The van der Waals surface area contributed by atoms with Crippen molar-refractivity contribution in [2.24, 2.45) is 5.73 Å². The summed E-state index contributed by atoms with van der Waals surface area (Å²) in [7, 11) is 0. The number of hydrogen-bond acceptors (Lipinski definition) is 2. The Hall–Kier alpha value is -0.670. The van der Waals surface area contributed by atoms with Crippen LogP contribution in [0.25, 0.3) is 0 Å². The number of alkyl halides is 1. The molecule has 0 radical (unpaired) electrons. The van der Waals surface area contributed by atoms with Gasteiger partial charge in [0.1, 0.15) is 5.38 Å². The van der Waals surface area contributed by atoms with Crippen LogP contribution in [0, 0.1) is 0 Å². The summed E-state index contributed by atoms with van der Waals surface area (Å²) in [5.41, 5.74) is 5.81. The van der Waals surface area contributed by atoms with Crippen LogP contribution in [0.15, 0.2) is 29.2 Å². The van der Waals surface area contributed by atoms with Crippen LogP contribution < -0.4 is 5.73 Å². The molecule has 1 atom stereocenters. The van der Waals surface area contributed by atoms with Gasteiger partial charge in [-0.3, -0.25) is 4.79 Å². The summed E-state index contributed by atoms with van der Waals surface area (Å²) in [6.45, 7) is 0. The van der Waals surface area contributed by atoms with E-state index in [0.29, 0.717) is 0 Å². The minimum Gasteiger partial charge on any atom is -0.368 e. The van der Waals surface area contributed by atoms with Crippen LogP contribution in [-0.2, 0) is 4.79 Å². The molecule has 0 fully saturated rings. The first-order valence-corrected chi connectivity index (χ1v) is 5.38. The van der Waals surface area contributed by atoms with Crippen LogP contribution in [0.2, 0.25) is 0 Å². The van der Waals surface area contributed by atoms with Crippen molar-refractivity contribution in [3.63, 3.8) is 0 Å². The van der Waals surface area contributed by atoms with Crippen molar-refractivity contribution in [2.45, 2.75) is 10.3 Å². The van der Waals surface area contributed by atoms with Crippen LogP contribution in [0.5, 0.6) is 0 Å². The predicted octanol–water partition coefficient (Wildman–Crippen LogP) is 2.17. The zero-order valence-corrected chi connectivity index (χ0v) is 8.73. The topological polar surface area (TPSA) is 43.1 Å². The molecule has 2 nitrogen and oxygen atoms in total. The first-order valence-electron chi connectivity index (χ1n) is 3.72. The molecule has 0 spiro atoms. The van der Waals surface area contributed by atoms with E-state index < -0.39 is 11.3 Å². The average molecular weight is 216 g/mol. The molecule has 0 saturated carbocycles. The number of halogens is 1. The van der Waals surface area contributed by atoms with Gasteiger partial charge in [-0.25, -0.2) is 0 Å². The highest BCUT2D eigenvalue weighted by Gasteiger charge is 2.13. The number of carbonyl (C=O) groups excluding carboxylic acids is 1. The van der Waals surface area contributed by atoms with E-state index in [9.17, 15) is 4.79 Å². The van der Waals surface area contributed by atoms with Gasteiger partial charge < -0.3 is 5.73 Å². The van der Waals surface area contributed by atoms with E-state index in [1.165, 1.54) is 0 Å². The van der Waals surface area contributed by atoms with E-state index in [1.807, 2.05) is 30.5 Å². The second-order valence-corrected chi connectivity index (χ2v) is 3.85. The van der Waals surface area contributed by atoms with E-state index in [-0.39, 0.29) is 0 Å². The van der Waals surface area contributed by atoms with Crippen molar-refractivity contribution in [3.8, 4) is 0 Å². The smallest absolute Gasteiger partial charge is 0.240 e. The molecule has 1 amide bonds. The summed E-state index contributed by atoms with van der Waals surface area (Å²) in [6.07, 6.45) is 1.99. The Kier molecular flexibility index (Phi) is 3.63. The lowest BCUT2D eigenvalue weighted by Crippen LogP contribution is -2.16. The third-order valence-electron chi connectivity index (χ3n) is 1.66. The molecule has 0 aliphatic heterocycles. The largest absolute Gasteiger partial charge is 0.368 e.